The van der Waals surface area contributed by atoms with Gasteiger partial charge in [0.2, 0.25) is 0 Å². The Morgan fingerprint density at radius 1 is 1.43 bits per heavy atom. The summed E-state index contributed by atoms with van der Waals surface area (Å²) in [6.07, 6.45) is 0. The molecule has 1 aliphatic heterocycles. The summed E-state index contributed by atoms with van der Waals surface area (Å²) >= 11 is 3.14. The SMILES string of the molecule is CCN(C(=O)c1cc(F)cc(Br)c1)C1COCC1C(=O)O. The normalized spacial score (nSPS) is 21.3. The summed E-state index contributed by atoms with van der Waals surface area (Å²) in [6.45, 7) is 2.33. The third kappa shape index (κ3) is 3.41. The fraction of sp³-hybridized carbons (Fsp3) is 0.429. The van der Waals surface area contributed by atoms with Gasteiger partial charge in [-0.25, -0.2) is 4.39 Å². The van der Waals surface area contributed by atoms with Crippen LogP contribution in [0.3, 0.4) is 0 Å². The predicted molar refractivity (Wildman–Crippen MR) is 76.5 cm³/mol. The number of carboxylic acids is 1. The van der Waals surface area contributed by atoms with Crippen molar-refractivity contribution in [2.24, 2.45) is 5.92 Å². The Labute approximate surface area is 129 Å². The first-order chi connectivity index (χ1) is 9.93. The number of carboxylic acid groups (broad SMARTS) is 1. The summed E-state index contributed by atoms with van der Waals surface area (Å²) in [4.78, 5) is 25.2. The number of rotatable bonds is 4. The molecular formula is C14H15BrFNO4. The van der Waals surface area contributed by atoms with Crippen LogP contribution in [-0.4, -0.2) is 47.7 Å². The number of benzene rings is 1. The van der Waals surface area contributed by atoms with Crippen molar-refractivity contribution in [2.45, 2.75) is 13.0 Å². The molecule has 2 rings (SSSR count). The Bertz CT molecular complexity index is 546. The molecule has 0 radical (unpaired) electrons. The molecule has 21 heavy (non-hydrogen) atoms. The minimum atomic E-state index is -0.996. The van der Waals surface area contributed by atoms with Crippen molar-refractivity contribution in [3.63, 3.8) is 0 Å². The average Bonchev–Trinajstić information content (AvgIpc) is 2.87. The lowest BCUT2D eigenvalue weighted by Crippen LogP contribution is -2.46. The van der Waals surface area contributed by atoms with Crippen LogP contribution in [0, 0.1) is 11.7 Å². The van der Waals surface area contributed by atoms with Crippen molar-refractivity contribution in [1.29, 1.82) is 0 Å². The second kappa shape index (κ2) is 6.53. The maximum atomic E-state index is 13.4. The van der Waals surface area contributed by atoms with E-state index in [2.05, 4.69) is 15.9 Å². The fourth-order valence-corrected chi connectivity index (χ4v) is 2.92. The van der Waals surface area contributed by atoms with Gasteiger partial charge in [0, 0.05) is 16.6 Å². The average molecular weight is 360 g/mol. The van der Waals surface area contributed by atoms with E-state index in [0.29, 0.717) is 11.0 Å². The van der Waals surface area contributed by atoms with E-state index in [-0.39, 0.29) is 18.8 Å². The minimum absolute atomic E-state index is 0.0800. The maximum absolute atomic E-state index is 13.4. The van der Waals surface area contributed by atoms with Crippen LogP contribution in [-0.2, 0) is 9.53 Å². The van der Waals surface area contributed by atoms with Crippen molar-refractivity contribution >= 4 is 27.8 Å². The van der Waals surface area contributed by atoms with Crippen LogP contribution in [0.2, 0.25) is 0 Å². The van der Waals surface area contributed by atoms with Crippen molar-refractivity contribution in [3.05, 3.63) is 34.1 Å². The van der Waals surface area contributed by atoms with Gasteiger partial charge in [0.05, 0.1) is 19.3 Å². The van der Waals surface area contributed by atoms with Gasteiger partial charge in [0.15, 0.2) is 0 Å². The molecule has 1 heterocycles. The summed E-state index contributed by atoms with van der Waals surface area (Å²) in [5.74, 6) is -2.68. The molecule has 7 heteroatoms. The molecule has 1 N–H and O–H groups in total. The van der Waals surface area contributed by atoms with Crippen LogP contribution in [0.1, 0.15) is 17.3 Å². The lowest BCUT2D eigenvalue weighted by Gasteiger charge is -2.29. The number of aliphatic carboxylic acids is 1. The van der Waals surface area contributed by atoms with Crippen LogP contribution >= 0.6 is 15.9 Å². The van der Waals surface area contributed by atoms with E-state index in [1.54, 1.807) is 6.92 Å². The number of halogens is 2. The number of amides is 1. The molecule has 0 spiro atoms. The van der Waals surface area contributed by atoms with Gasteiger partial charge in [-0.2, -0.15) is 0 Å². The zero-order valence-corrected chi connectivity index (χ0v) is 13.0. The third-order valence-corrected chi connectivity index (χ3v) is 3.94. The molecule has 0 saturated carbocycles. The molecule has 0 aliphatic carbocycles. The maximum Gasteiger partial charge on any atom is 0.311 e. The zero-order chi connectivity index (χ0) is 15.6. The van der Waals surface area contributed by atoms with E-state index < -0.39 is 29.7 Å². The quantitative estimate of drug-likeness (QED) is 0.894. The summed E-state index contributed by atoms with van der Waals surface area (Å²) in [7, 11) is 0. The van der Waals surface area contributed by atoms with Gasteiger partial charge in [-0.3, -0.25) is 9.59 Å². The molecule has 1 fully saturated rings. The Balaban J connectivity index is 2.28. The van der Waals surface area contributed by atoms with Gasteiger partial charge in [0.1, 0.15) is 11.7 Å². The molecule has 0 bridgehead atoms. The molecule has 0 aromatic heterocycles. The van der Waals surface area contributed by atoms with E-state index in [9.17, 15) is 19.1 Å². The van der Waals surface area contributed by atoms with Crippen LogP contribution in [0.15, 0.2) is 22.7 Å². The summed E-state index contributed by atoms with van der Waals surface area (Å²) in [5, 5.41) is 9.18. The van der Waals surface area contributed by atoms with Gasteiger partial charge in [-0.05, 0) is 25.1 Å². The molecule has 1 aliphatic rings. The number of likely N-dealkylation sites (N-methyl/N-ethyl adjacent to an activating group) is 1. The highest BCUT2D eigenvalue weighted by Gasteiger charge is 2.39. The molecular weight excluding hydrogens is 345 g/mol. The highest BCUT2D eigenvalue weighted by Crippen LogP contribution is 2.23. The van der Waals surface area contributed by atoms with E-state index in [1.807, 2.05) is 0 Å². The minimum Gasteiger partial charge on any atom is -0.481 e. The number of hydrogen-bond donors (Lipinski definition) is 1. The highest BCUT2D eigenvalue weighted by atomic mass is 79.9. The van der Waals surface area contributed by atoms with Gasteiger partial charge < -0.3 is 14.7 Å². The molecule has 1 saturated heterocycles. The lowest BCUT2D eigenvalue weighted by molar-refractivity contribution is -0.142. The van der Waals surface area contributed by atoms with E-state index in [4.69, 9.17) is 4.74 Å². The van der Waals surface area contributed by atoms with E-state index in [1.165, 1.54) is 17.0 Å². The number of carbonyl (C=O) groups excluding carboxylic acids is 1. The van der Waals surface area contributed by atoms with Crippen molar-refractivity contribution < 1.29 is 23.8 Å². The first-order valence-electron chi connectivity index (χ1n) is 6.51. The largest absolute Gasteiger partial charge is 0.481 e. The number of ether oxygens (including phenoxy) is 1. The first kappa shape index (κ1) is 15.9. The topological polar surface area (TPSA) is 66.8 Å². The Morgan fingerprint density at radius 3 is 2.71 bits per heavy atom. The van der Waals surface area contributed by atoms with Crippen LogP contribution in [0.4, 0.5) is 4.39 Å². The monoisotopic (exact) mass is 359 g/mol. The molecule has 1 aromatic carbocycles. The second-order valence-electron chi connectivity index (χ2n) is 4.80. The number of nitrogens with zero attached hydrogens (tertiary/aromatic N) is 1. The smallest absolute Gasteiger partial charge is 0.311 e. The zero-order valence-electron chi connectivity index (χ0n) is 11.4. The van der Waals surface area contributed by atoms with Gasteiger partial charge in [-0.15, -0.1) is 0 Å². The standard InChI is InChI=1S/C14H15BrFNO4/c1-2-17(12-7-21-6-11(12)14(19)20)13(18)8-3-9(15)5-10(16)4-8/h3-5,11-12H,2,6-7H2,1H3,(H,19,20). The Hall–Kier alpha value is -1.47. The van der Waals surface area contributed by atoms with Gasteiger partial charge >= 0.3 is 5.97 Å². The lowest BCUT2D eigenvalue weighted by atomic mass is 10.0. The number of carbonyl (C=O) groups is 2. The van der Waals surface area contributed by atoms with E-state index >= 15 is 0 Å². The second-order valence-corrected chi connectivity index (χ2v) is 5.71. The van der Waals surface area contributed by atoms with Gasteiger partial charge in [-0.1, -0.05) is 15.9 Å². The Morgan fingerprint density at radius 2 is 2.14 bits per heavy atom. The van der Waals surface area contributed by atoms with Crippen LogP contribution in [0.25, 0.3) is 0 Å². The van der Waals surface area contributed by atoms with Crippen molar-refractivity contribution in [2.75, 3.05) is 19.8 Å². The van der Waals surface area contributed by atoms with Crippen LogP contribution < -0.4 is 0 Å². The summed E-state index contributed by atoms with van der Waals surface area (Å²) in [5.41, 5.74) is 0.180. The highest BCUT2D eigenvalue weighted by molar-refractivity contribution is 9.10. The molecule has 2 unspecified atom stereocenters. The summed E-state index contributed by atoms with van der Waals surface area (Å²) in [6, 6.07) is 3.37. The molecule has 1 aromatic rings. The predicted octanol–water partition coefficient (Wildman–Crippen LogP) is 2.15. The van der Waals surface area contributed by atoms with Crippen molar-refractivity contribution in [3.8, 4) is 0 Å². The Kier molecular flexibility index (Phi) is 4.95. The molecule has 1 amide bonds. The number of hydrogen-bond acceptors (Lipinski definition) is 3. The first-order valence-corrected chi connectivity index (χ1v) is 7.31. The van der Waals surface area contributed by atoms with E-state index in [0.717, 1.165) is 6.07 Å². The third-order valence-electron chi connectivity index (χ3n) is 3.48. The van der Waals surface area contributed by atoms with Gasteiger partial charge in [0.25, 0.3) is 5.91 Å². The fourth-order valence-electron chi connectivity index (χ4n) is 2.46. The van der Waals surface area contributed by atoms with Crippen LogP contribution in [0.5, 0.6) is 0 Å². The molecule has 114 valence electrons. The molecule has 5 nitrogen and oxygen atoms in total. The van der Waals surface area contributed by atoms with Crippen molar-refractivity contribution in [1.82, 2.24) is 4.90 Å². The summed E-state index contributed by atoms with van der Waals surface area (Å²) < 4.78 is 19.1. The molecule has 2 atom stereocenters.